The molecular weight excluding hydrogens is 496 g/mol. The molecule has 0 aliphatic carbocycles. The fourth-order valence-electron chi connectivity index (χ4n) is 4.32. The molecule has 1 aliphatic rings. The normalized spacial score (nSPS) is 20.3. The van der Waals surface area contributed by atoms with E-state index in [2.05, 4.69) is 19.9 Å². The summed E-state index contributed by atoms with van der Waals surface area (Å²) in [6, 6.07) is 11.2. The van der Waals surface area contributed by atoms with Gasteiger partial charge in [-0.2, -0.15) is 0 Å². The molecule has 2 unspecified atom stereocenters. The summed E-state index contributed by atoms with van der Waals surface area (Å²) in [5, 5.41) is 12.6. The van der Waals surface area contributed by atoms with Crippen LogP contribution in [0.1, 0.15) is 26.5 Å². The maximum absolute atomic E-state index is 10.4. The summed E-state index contributed by atoms with van der Waals surface area (Å²) in [6.07, 6.45) is 4.35. The monoisotopic (exact) mass is 524 g/mol. The zero-order chi connectivity index (χ0) is 26.2. The van der Waals surface area contributed by atoms with Gasteiger partial charge in [0.2, 0.25) is 0 Å². The van der Waals surface area contributed by atoms with Crippen LogP contribution in [0.25, 0.3) is 21.9 Å². The third-order valence-electron chi connectivity index (χ3n) is 5.87. The van der Waals surface area contributed by atoms with Gasteiger partial charge in [0.15, 0.2) is 11.6 Å². The van der Waals surface area contributed by atoms with Gasteiger partial charge in [-0.3, -0.25) is 0 Å². The van der Waals surface area contributed by atoms with E-state index in [9.17, 15) is 5.11 Å². The first-order valence-corrected chi connectivity index (χ1v) is 12.3. The van der Waals surface area contributed by atoms with E-state index >= 15 is 0 Å². The van der Waals surface area contributed by atoms with Crippen LogP contribution in [0.15, 0.2) is 53.9 Å². The zero-order valence-electron chi connectivity index (χ0n) is 21.1. The van der Waals surface area contributed by atoms with Gasteiger partial charge in [-0.15, -0.1) is 0 Å². The van der Waals surface area contributed by atoms with Crippen LogP contribution in [-0.2, 0) is 9.47 Å². The fourth-order valence-corrected chi connectivity index (χ4v) is 4.47. The Morgan fingerprint density at radius 2 is 2.05 bits per heavy atom. The van der Waals surface area contributed by atoms with Crippen molar-refractivity contribution >= 4 is 45.7 Å². The number of hydrogen-bond donors (Lipinski definition) is 1. The third kappa shape index (κ3) is 5.83. The highest BCUT2D eigenvalue weighted by atomic mass is 35.5. The van der Waals surface area contributed by atoms with E-state index in [-0.39, 0.29) is 12.8 Å². The lowest BCUT2D eigenvalue weighted by Crippen LogP contribution is -2.37. The molecule has 0 saturated carbocycles. The molecule has 1 fully saturated rings. The predicted molar refractivity (Wildman–Crippen MR) is 141 cm³/mol. The first-order chi connectivity index (χ1) is 17.7. The van der Waals surface area contributed by atoms with Crippen LogP contribution in [0.3, 0.4) is 0 Å². The molecule has 1 N–H and O–H groups in total. The summed E-state index contributed by atoms with van der Waals surface area (Å²) in [5.41, 5.74) is 1.44. The number of aliphatic hydroxyl groups is 1. The molecule has 37 heavy (non-hydrogen) atoms. The van der Waals surface area contributed by atoms with Crippen LogP contribution < -0.4 is 4.74 Å². The van der Waals surface area contributed by atoms with Crippen molar-refractivity contribution < 1.29 is 19.3 Å². The molecule has 4 heterocycles. The molecular formula is C26H29ClN6O4. The molecule has 3 aromatic heterocycles. The van der Waals surface area contributed by atoms with Gasteiger partial charge in [0.25, 0.3) is 0 Å². The first-order valence-electron chi connectivity index (χ1n) is 11.9. The summed E-state index contributed by atoms with van der Waals surface area (Å²) in [4.78, 5) is 19.4. The standard InChI is InChI=1S/C26H29ClN6O4/c1-26(2,34)37-20-12-23(33-10-9-18-24(30-15-32(3)4)28-14-29-25(18)33)36-21(20)13-35-17-7-5-16-6-8-22(27)31-19(16)11-17/h5-11,14-15,20-21,23,34H,12-13H2,1-4H3/b30-15+/t20-,21?,23?/m0/s1. The van der Waals surface area contributed by atoms with E-state index in [0.717, 1.165) is 16.3 Å². The Labute approximate surface area is 219 Å². The van der Waals surface area contributed by atoms with Gasteiger partial charge in [0.1, 0.15) is 41.8 Å². The second kappa shape index (κ2) is 10.2. The van der Waals surface area contributed by atoms with Gasteiger partial charge in [0.05, 0.1) is 23.3 Å². The number of aromatic nitrogens is 4. The maximum Gasteiger partial charge on any atom is 0.166 e. The van der Waals surface area contributed by atoms with Gasteiger partial charge in [-0.25, -0.2) is 19.9 Å². The second-order valence-electron chi connectivity index (χ2n) is 9.63. The van der Waals surface area contributed by atoms with Gasteiger partial charge in [-0.1, -0.05) is 11.6 Å². The van der Waals surface area contributed by atoms with Crippen LogP contribution in [0.4, 0.5) is 5.82 Å². The molecule has 194 valence electrons. The van der Waals surface area contributed by atoms with Crippen molar-refractivity contribution in [3.05, 3.63) is 54.1 Å². The van der Waals surface area contributed by atoms with Crippen molar-refractivity contribution in [3.63, 3.8) is 0 Å². The largest absolute Gasteiger partial charge is 0.491 e. The van der Waals surface area contributed by atoms with Crippen molar-refractivity contribution in [3.8, 4) is 5.75 Å². The highest BCUT2D eigenvalue weighted by Crippen LogP contribution is 2.36. The lowest BCUT2D eigenvalue weighted by atomic mass is 10.1. The molecule has 0 radical (unpaired) electrons. The quantitative estimate of drug-likeness (QED) is 0.157. The number of halogens is 1. The number of nitrogens with zero attached hydrogens (tertiary/aromatic N) is 6. The molecule has 0 bridgehead atoms. The Morgan fingerprint density at radius 3 is 2.84 bits per heavy atom. The molecule has 5 rings (SSSR count). The first kappa shape index (κ1) is 25.3. The predicted octanol–water partition coefficient (Wildman–Crippen LogP) is 4.33. The molecule has 4 aromatic rings. The smallest absolute Gasteiger partial charge is 0.166 e. The molecule has 10 nitrogen and oxygen atoms in total. The van der Waals surface area contributed by atoms with E-state index in [1.807, 2.05) is 60.1 Å². The van der Waals surface area contributed by atoms with Crippen LogP contribution >= 0.6 is 11.6 Å². The van der Waals surface area contributed by atoms with Crippen LogP contribution in [0.5, 0.6) is 5.75 Å². The van der Waals surface area contributed by atoms with Crippen LogP contribution in [0, 0.1) is 0 Å². The van der Waals surface area contributed by atoms with E-state index < -0.39 is 18.0 Å². The van der Waals surface area contributed by atoms with Gasteiger partial charge in [0, 0.05) is 38.2 Å². The molecule has 0 amide bonds. The summed E-state index contributed by atoms with van der Waals surface area (Å²) < 4.78 is 20.4. The SMILES string of the molecule is CN(C)/C=N/c1ncnc2c1ccn2C1C[C@H](OC(C)(C)O)C(COc2ccc3ccc(Cl)nc3c2)O1. The highest BCUT2D eigenvalue weighted by molar-refractivity contribution is 6.29. The number of rotatable bonds is 8. The fraction of sp³-hybridized carbons (Fsp3) is 0.385. The van der Waals surface area contributed by atoms with Crippen molar-refractivity contribution in [1.82, 2.24) is 24.4 Å². The Bertz CT molecular complexity index is 1430. The number of aliphatic imine (C=N–C) groups is 1. The molecule has 1 saturated heterocycles. The van der Waals surface area contributed by atoms with Gasteiger partial charge < -0.3 is 28.8 Å². The number of fused-ring (bicyclic) bond motifs is 2. The molecule has 0 spiro atoms. The zero-order valence-corrected chi connectivity index (χ0v) is 21.8. The van der Waals surface area contributed by atoms with Crippen LogP contribution in [-0.4, -0.2) is 74.6 Å². The molecule has 11 heteroatoms. The Morgan fingerprint density at radius 1 is 1.24 bits per heavy atom. The minimum Gasteiger partial charge on any atom is -0.491 e. The van der Waals surface area contributed by atoms with Crippen molar-refractivity contribution in [2.24, 2.45) is 4.99 Å². The lowest BCUT2D eigenvalue weighted by molar-refractivity contribution is -0.216. The summed E-state index contributed by atoms with van der Waals surface area (Å²) in [5.74, 6) is -0.122. The van der Waals surface area contributed by atoms with E-state index in [4.69, 9.17) is 25.8 Å². The van der Waals surface area contributed by atoms with Crippen LogP contribution in [0.2, 0.25) is 5.15 Å². The minimum absolute atomic E-state index is 0.218. The average molecular weight is 525 g/mol. The third-order valence-corrected chi connectivity index (χ3v) is 6.08. The Kier molecular flexibility index (Phi) is 7.00. The lowest BCUT2D eigenvalue weighted by Gasteiger charge is -2.26. The Hall–Kier alpha value is -3.31. The number of benzene rings is 1. The van der Waals surface area contributed by atoms with Crippen molar-refractivity contribution in [1.29, 1.82) is 0 Å². The van der Waals surface area contributed by atoms with E-state index in [1.165, 1.54) is 6.33 Å². The molecule has 3 atom stereocenters. The van der Waals surface area contributed by atoms with Crippen molar-refractivity contribution in [2.75, 3.05) is 20.7 Å². The van der Waals surface area contributed by atoms with Crippen molar-refractivity contribution in [2.45, 2.75) is 44.5 Å². The minimum atomic E-state index is -1.33. The summed E-state index contributed by atoms with van der Waals surface area (Å²) in [6.45, 7) is 3.42. The maximum atomic E-state index is 10.4. The summed E-state index contributed by atoms with van der Waals surface area (Å²) in [7, 11) is 3.79. The highest BCUT2D eigenvalue weighted by Gasteiger charge is 2.40. The number of ether oxygens (including phenoxy) is 3. The average Bonchev–Trinajstić information content (AvgIpc) is 3.44. The molecule has 1 aromatic carbocycles. The summed E-state index contributed by atoms with van der Waals surface area (Å²) >= 11 is 6.05. The number of pyridine rings is 1. The Balaban J connectivity index is 1.37. The van der Waals surface area contributed by atoms with E-state index in [1.54, 1.807) is 26.3 Å². The molecule has 1 aliphatic heterocycles. The second-order valence-corrected chi connectivity index (χ2v) is 10.0. The van der Waals surface area contributed by atoms with Gasteiger partial charge >= 0.3 is 0 Å². The van der Waals surface area contributed by atoms with E-state index in [0.29, 0.717) is 28.8 Å². The van der Waals surface area contributed by atoms with Gasteiger partial charge in [-0.05, 0) is 44.2 Å². The topological polar surface area (TPSA) is 107 Å². The number of hydrogen-bond acceptors (Lipinski definition) is 8.